The fraction of sp³-hybridized carbons (Fsp3) is 0.200. The molecule has 0 aromatic heterocycles. The van der Waals surface area contributed by atoms with E-state index in [1.807, 2.05) is 19.9 Å². The van der Waals surface area contributed by atoms with Crippen molar-refractivity contribution in [3.05, 3.63) is 58.7 Å². The number of ether oxygens (including phenoxy) is 1. The Balaban J connectivity index is 2.35. The van der Waals surface area contributed by atoms with E-state index in [4.69, 9.17) is 16.3 Å². The maximum Gasteiger partial charge on any atom is 0.198 e. The van der Waals surface area contributed by atoms with Crippen LogP contribution < -0.4 is 4.74 Å². The highest BCUT2D eigenvalue weighted by atomic mass is 35.5. The molecule has 0 bridgehead atoms. The first-order valence-electron chi connectivity index (χ1n) is 5.80. The molecule has 0 radical (unpaired) electrons. The van der Waals surface area contributed by atoms with Gasteiger partial charge in [0.2, 0.25) is 0 Å². The van der Waals surface area contributed by atoms with Crippen LogP contribution in [-0.2, 0) is 5.88 Å². The molecule has 2 rings (SSSR count). The van der Waals surface area contributed by atoms with Crippen LogP contribution in [0.15, 0.2) is 30.3 Å². The molecule has 100 valence electrons. The van der Waals surface area contributed by atoms with Crippen molar-refractivity contribution < 1.29 is 13.5 Å². The first kappa shape index (κ1) is 13.8. The monoisotopic (exact) mass is 282 g/mol. The molecule has 2 aromatic carbocycles. The number of benzene rings is 2. The van der Waals surface area contributed by atoms with Gasteiger partial charge in [-0.1, -0.05) is 6.07 Å². The van der Waals surface area contributed by atoms with Gasteiger partial charge in [-0.25, -0.2) is 8.78 Å². The van der Waals surface area contributed by atoms with Gasteiger partial charge in [0, 0.05) is 5.88 Å². The molecule has 0 unspecified atom stereocenters. The highest BCUT2D eigenvalue weighted by molar-refractivity contribution is 6.17. The van der Waals surface area contributed by atoms with Gasteiger partial charge in [0.25, 0.3) is 0 Å². The van der Waals surface area contributed by atoms with Crippen molar-refractivity contribution in [2.24, 2.45) is 0 Å². The standard InChI is InChI=1S/C15H13ClF2O/c1-9-3-4-12(5-10(9)2)19-15-13(17)6-11(8-16)7-14(15)18/h3-7H,8H2,1-2H3. The highest BCUT2D eigenvalue weighted by Gasteiger charge is 2.13. The molecule has 0 saturated carbocycles. The number of rotatable bonds is 3. The lowest BCUT2D eigenvalue weighted by atomic mass is 10.1. The van der Waals surface area contributed by atoms with Crippen molar-refractivity contribution in [3.8, 4) is 11.5 Å². The van der Waals surface area contributed by atoms with Crippen LogP contribution in [0.25, 0.3) is 0 Å². The average molecular weight is 283 g/mol. The van der Waals surface area contributed by atoms with Gasteiger partial charge < -0.3 is 4.74 Å². The topological polar surface area (TPSA) is 9.23 Å². The summed E-state index contributed by atoms with van der Waals surface area (Å²) >= 11 is 5.55. The second kappa shape index (κ2) is 5.57. The zero-order valence-electron chi connectivity index (χ0n) is 10.6. The zero-order chi connectivity index (χ0) is 14.0. The van der Waals surface area contributed by atoms with Gasteiger partial charge in [-0.3, -0.25) is 0 Å². The summed E-state index contributed by atoms with van der Waals surface area (Å²) in [6, 6.07) is 7.60. The lowest BCUT2D eigenvalue weighted by molar-refractivity contribution is 0.406. The van der Waals surface area contributed by atoms with E-state index in [-0.39, 0.29) is 5.88 Å². The van der Waals surface area contributed by atoms with Gasteiger partial charge >= 0.3 is 0 Å². The van der Waals surface area contributed by atoms with Crippen molar-refractivity contribution in [3.63, 3.8) is 0 Å². The van der Waals surface area contributed by atoms with E-state index >= 15 is 0 Å². The second-order valence-corrected chi connectivity index (χ2v) is 4.64. The summed E-state index contributed by atoms with van der Waals surface area (Å²) in [7, 11) is 0. The molecule has 0 aliphatic carbocycles. The van der Waals surface area contributed by atoms with Crippen LogP contribution in [0.3, 0.4) is 0 Å². The number of halogens is 3. The molecule has 0 spiro atoms. The predicted molar refractivity (Wildman–Crippen MR) is 71.9 cm³/mol. The predicted octanol–water partition coefficient (Wildman–Crippen LogP) is 5.11. The smallest absolute Gasteiger partial charge is 0.198 e. The fourth-order valence-corrected chi connectivity index (χ4v) is 1.84. The minimum Gasteiger partial charge on any atom is -0.451 e. The molecule has 0 fully saturated rings. The van der Waals surface area contributed by atoms with E-state index in [0.29, 0.717) is 11.3 Å². The first-order chi connectivity index (χ1) is 9.01. The minimum absolute atomic E-state index is 0.0533. The van der Waals surface area contributed by atoms with Crippen LogP contribution in [0, 0.1) is 25.5 Å². The fourth-order valence-electron chi connectivity index (χ4n) is 1.68. The Kier molecular flexibility index (Phi) is 4.05. The summed E-state index contributed by atoms with van der Waals surface area (Å²) in [6.07, 6.45) is 0. The second-order valence-electron chi connectivity index (χ2n) is 4.37. The van der Waals surface area contributed by atoms with E-state index in [9.17, 15) is 8.78 Å². The van der Waals surface area contributed by atoms with Crippen LogP contribution in [0.2, 0.25) is 0 Å². The quantitative estimate of drug-likeness (QED) is 0.711. The van der Waals surface area contributed by atoms with E-state index in [1.165, 1.54) is 12.1 Å². The summed E-state index contributed by atoms with van der Waals surface area (Å²) in [5.41, 5.74) is 2.46. The number of alkyl halides is 1. The van der Waals surface area contributed by atoms with E-state index in [0.717, 1.165) is 11.1 Å². The van der Waals surface area contributed by atoms with Crippen LogP contribution in [0.4, 0.5) is 8.78 Å². The van der Waals surface area contributed by atoms with Crippen molar-refractivity contribution >= 4 is 11.6 Å². The SMILES string of the molecule is Cc1ccc(Oc2c(F)cc(CCl)cc2F)cc1C. The maximum absolute atomic E-state index is 13.7. The zero-order valence-corrected chi connectivity index (χ0v) is 11.4. The van der Waals surface area contributed by atoms with E-state index in [2.05, 4.69) is 0 Å². The molecule has 1 nitrogen and oxygen atoms in total. The average Bonchev–Trinajstić information content (AvgIpc) is 2.37. The highest BCUT2D eigenvalue weighted by Crippen LogP contribution is 2.30. The van der Waals surface area contributed by atoms with Crippen molar-refractivity contribution in [1.82, 2.24) is 0 Å². The molecule has 0 aliphatic heterocycles. The third-order valence-corrected chi connectivity index (χ3v) is 3.22. The van der Waals surface area contributed by atoms with Crippen LogP contribution in [0.1, 0.15) is 16.7 Å². The summed E-state index contributed by atoms with van der Waals surface area (Å²) < 4.78 is 32.8. The molecule has 2 aromatic rings. The van der Waals surface area contributed by atoms with E-state index in [1.54, 1.807) is 12.1 Å². The Bertz CT molecular complexity index is 588. The molecule has 0 amide bonds. The van der Waals surface area contributed by atoms with Gasteiger partial charge in [-0.15, -0.1) is 11.6 Å². The Hall–Kier alpha value is -1.61. The number of hydrogen-bond acceptors (Lipinski definition) is 1. The molecule has 4 heteroatoms. The molecule has 19 heavy (non-hydrogen) atoms. The van der Waals surface area contributed by atoms with Gasteiger partial charge in [0.15, 0.2) is 17.4 Å². The minimum atomic E-state index is -0.756. The third-order valence-electron chi connectivity index (χ3n) is 2.91. The summed E-state index contributed by atoms with van der Waals surface area (Å²) in [5.74, 6) is -1.46. The molecule has 0 atom stereocenters. The van der Waals surface area contributed by atoms with Crippen molar-refractivity contribution in [2.75, 3.05) is 0 Å². The molecule has 0 saturated heterocycles. The van der Waals surface area contributed by atoms with Gasteiger partial charge in [0.1, 0.15) is 5.75 Å². The molecular weight excluding hydrogens is 270 g/mol. The van der Waals surface area contributed by atoms with Gasteiger partial charge in [-0.05, 0) is 54.8 Å². The largest absolute Gasteiger partial charge is 0.451 e. The summed E-state index contributed by atoms with van der Waals surface area (Å²) in [6.45, 7) is 3.86. The number of aryl methyl sites for hydroxylation is 2. The molecule has 0 heterocycles. The first-order valence-corrected chi connectivity index (χ1v) is 6.33. The Labute approximate surface area is 115 Å². The maximum atomic E-state index is 13.7. The molecular formula is C15H13ClF2O. The van der Waals surface area contributed by atoms with E-state index < -0.39 is 17.4 Å². The lowest BCUT2D eigenvalue weighted by Gasteiger charge is -2.10. The Morgan fingerprint density at radius 1 is 1.00 bits per heavy atom. The molecule has 0 aliphatic rings. The molecule has 0 N–H and O–H groups in total. The number of hydrogen-bond donors (Lipinski definition) is 0. The van der Waals surface area contributed by atoms with Crippen LogP contribution in [-0.4, -0.2) is 0 Å². The van der Waals surface area contributed by atoms with Gasteiger partial charge in [-0.2, -0.15) is 0 Å². The third kappa shape index (κ3) is 3.04. The van der Waals surface area contributed by atoms with Crippen molar-refractivity contribution in [1.29, 1.82) is 0 Å². The normalized spacial score (nSPS) is 10.6. The Morgan fingerprint density at radius 3 is 2.16 bits per heavy atom. The van der Waals surface area contributed by atoms with Crippen molar-refractivity contribution in [2.45, 2.75) is 19.7 Å². The van der Waals surface area contributed by atoms with Gasteiger partial charge in [0.05, 0.1) is 0 Å². The lowest BCUT2D eigenvalue weighted by Crippen LogP contribution is -1.95. The summed E-state index contributed by atoms with van der Waals surface area (Å²) in [5, 5.41) is 0. The van der Waals surface area contributed by atoms with Crippen LogP contribution in [0.5, 0.6) is 11.5 Å². The Morgan fingerprint density at radius 2 is 1.63 bits per heavy atom. The summed E-state index contributed by atoms with van der Waals surface area (Å²) in [4.78, 5) is 0. The van der Waals surface area contributed by atoms with Crippen LogP contribution >= 0.6 is 11.6 Å².